The highest BCUT2D eigenvalue weighted by Gasteiger charge is 1.97. The van der Waals surface area contributed by atoms with Crippen LogP contribution in [0.1, 0.15) is 20.3 Å². The van der Waals surface area contributed by atoms with Gasteiger partial charge in [0.2, 0.25) is 0 Å². The molecule has 0 aliphatic heterocycles. The lowest BCUT2D eigenvalue weighted by Gasteiger charge is -2.10. The van der Waals surface area contributed by atoms with Crippen LogP contribution in [-0.2, 0) is 0 Å². The van der Waals surface area contributed by atoms with E-state index in [-0.39, 0.29) is 0 Å². The van der Waals surface area contributed by atoms with E-state index in [4.69, 9.17) is 12.2 Å². The van der Waals surface area contributed by atoms with Crippen molar-refractivity contribution in [3.8, 4) is 0 Å². The van der Waals surface area contributed by atoms with Gasteiger partial charge in [-0.25, -0.2) is 0 Å². The molecule has 1 nitrogen and oxygen atoms in total. The first-order valence-electron chi connectivity index (χ1n) is 3.05. The van der Waals surface area contributed by atoms with Crippen molar-refractivity contribution in [2.24, 2.45) is 0 Å². The van der Waals surface area contributed by atoms with Crippen LogP contribution in [0.15, 0.2) is 0 Å². The molecule has 0 spiro atoms. The van der Waals surface area contributed by atoms with Crippen LogP contribution in [0.3, 0.4) is 0 Å². The summed E-state index contributed by atoms with van der Waals surface area (Å²) in [5, 5.41) is 3.17. The molecule has 0 saturated heterocycles. The number of rotatable bonds is 2. The number of hydrogen-bond donors (Lipinski definition) is 1. The minimum Gasteiger partial charge on any atom is -0.369 e. The molecule has 0 aliphatic rings. The van der Waals surface area contributed by atoms with E-state index in [0.717, 1.165) is 10.7 Å². The highest BCUT2D eigenvalue weighted by molar-refractivity contribution is 8.22. The van der Waals surface area contributed by atoms with Crippen molar-refractivity contribution < 1.29 is 0 Å². The van der Waals surface area contributed by atoms with Crippen LogP contribution < -0.4 is 5.32 Å². The predicted molar refractivity (Wildman–Crippen MR) is 49.0 cm³/mol. The third-order valence-corrected chi connectivity index (χ3v) is 2.27. The minimum atomic E-state index is 0.518. The maximum Gasteiger partial charge on any atom is 0.133 e. The Balaban J connectivity index is 3.34. The molecule has 0 amide bonds. The average molecular weight is 163 g/mol. The van der Waals surface area contributed by atoms with Gasteiger partial charge in [-0.05, 0) is 19.6 Å². The second kappa shape index (κ2) is 5.06. The molecule has 0 aromatic carbocycles. The molecule has 0 aromatic rings. The highest BCUT2D eigenvalue weighted by atomic mass is 32.2. The van der Waals surface area contributed by atoms with Gasteiger partial charge in [0.05, 0.1) is 0 Å². The summed E-state index contributed by atoms with van der Waals surface area (Å²) in [4.78, 5) is 0. The summed E-state index contributed by atoms with van der Waals surface area (Å²) in [7, 11) is 0. The Labute approximate surface area is 66.6 Å². The summed E-state index contributed by atoms with van der Waals surface area (Å²) in [5.41, 5.74) is 0. The number of thiocarbonyl (C=S) groups is 1. The standard InChI is InChI=1S/C6H13NS2/c1-4-5(2)7-6(8)9-3/h5H,4H2,1-3H3,(H,7,8). The molecule has 0 rings (SSSR count). The second-order valence-corrected chi connectivity index (χ2v) is 3.43. The van der Waals surface area contributed by atoms with Crippen LogP contribution in [0, 0.1) is 0 Å². The molecule has 0 aromatic heterocycles. The van der Waals surface area contributed by atoms with E-state index in [2.05, 4.69) is 19.2 Å². The Morgan fingerprint density at radius 3 is 2.67 bits per heavy atom. The molecule has 9 heavy (non-hydrogen) atoms. The molecule has 0 fully saturated rings. The Morgan fingerprint density at radius 2 is 2.33 bits per heavy atom. The van der Waals surface area contributed by atoms with Crippen LogP contribution in [-0.4, -0.2) is 16.6 Å². The molecule has 0 radical (unpaired) electrons. The van der Waals surface area contributed by atoms with Gasteiger partial charge in [-0.1, -0.05) is 19.1 Å². The van der Waals surface area contributed by atoms with Crippen molar-refractivity contribution in [1.82, 2.24) is 5.32 Å². The van der Waals surface area contributed by atoms with E-state index >= 15 is 0 Å². The molecule has 0 bridgehead atoms. The predicted octanol–water partition coefficient (Wildman–Crippen LogP) is 2.02. The van der Waals surface area contributed by atoms with Crippen molar-refractivity contribution >= 4 is 28.3 Å². The maximum atomic E-state index is 4.95. The van der Waals surface area contributed by atoms with E-state index in [0.29, 0.717) is 6.04 Å². The summed E-state index contributed by atoms with van der Waals surface area (Å²) in [6, 6.07) is 0.518. The van der Waals surface area contributed by atoms with E-state index in [9.17, 15) is 0 Å². The summed E-state index contributed by atoms with van der Waals surface area (Å²) in [6.45, 7) is 4.27. The summed E-state index contributed by atoms with van der Waals surface area (Å²) in [6.07, 6.45) is 3.11. The third kappa shape index (κ3) is 4.73. The van der Waals surface area contributed by atoms with Gasteiger partial charge in [0.15, 0.2) is 0 Å². The van der Waals surface area contributed by atoms with Gasteiger partial charge in [-0.2, -0.15) is 0 Å². The maximum absolute atomic E-state index is 4.95. The lowest BCUT2D eigenvalue weighted by Crippen LogP contribution is -2.28. The zero-order chi connectivity index (χ0) is 7.28. The van der Waals surface area contributed by atoms with Crippen LogP contribution in [0.25, 0.3) is 0 Å². The summed E-state index contributed by atoms with van der Waals surface area (Å²) >= 11 is 6.54. The zero-order valence-electron chi connectivity index (χ0n) is 6.10. The summed E-state index contributed by atoms with van der Waals surface area (Å²) < 4.78 is 0.893. The van der Waals surface area contributed by atoms with Gasteiger partial charge in [0.25, 0.3) is 0 Å². The van der Waals surface area contributed by atoms with E-state index in [1.165, 1.54) is 0 Å². The van der Waals surface area contributed by atoms with Crippen molar-refractivity contribution in [3.05, 3.63) is 0 Å². The summed E-state index contributed by atoms with van der Waals surface area (Å²) in [5.74, 6) is 0. The van der Waals surface area contributed by atoms with Crippen molar-refractivity contribution in [3.63, 3.8) is 0 Å². The topological polar surface area (TPSA) is 12.0 Å². The molecular weight excluding hydrogens is 150 g/mol. The third-order valence-electron chi connectivity index (χ3n) is 1.16. The van der Waals surface area contributed by atoms with E-state index in [1.807, 2.05) is 6.26 Å². The fraction of sp³-hybridized carbons (Fsp3) is 0.833. The fourth-order valence-corrected chi connectivity index (χ4v) is 0.882. The molecule has 1 unspecified atom stereocenters. The first-order chi connectivity index (χ1) is 4.20. The Bertz CT molecular complexity index is 93.1. The molecule has 0 heterocycles. The molecule has 0 aliphatic carbocycles. The normalized spacial score (nSPS) is 12.8. The van der Waals surface area contributed by atoms with Gasteiger partial charge >= 0.3 is 0 Å². The van der Waals surface area contributed by atoms with E-state index < -0.39 is 0 Å². The number of hydrogen-bond acceptors (Lipinski definition) is 2. The second-order valence-electron chi connectivity index (χ2n) is 1.95. The molecule has 3 heteroatoms. The van der Waals surface area contributed by atoms with Crippen molar-refractivity contribution in [1.29, 1.82) is 0 Å². The van der Waals surface area contributed by atoms with Gasteiger partial charge in [-0.3, -0.25) is 0 Å². The highest BCUT2D eigenvalue weighted by Crippen LogP contribution is 1.97. The molecule has 1 N–H and O–H groups in total. The van der Waals surface area contributed by atoms with Crippen LogP contribution in [0.5, 0.6) is 0 Å². The quantitative estimate of drug-likeness (QED) is 0.626. The Hall–Kier alpha value is 0.240. The smallest absolute Gasteiger partial charge is 0.133 e. The van der Waals surface area contributed by atoms with Gasteiger partial charge < -0.3 is 5.32 Å². The lowest BCUT2D eigenvalue weighted by molar-refractivity contribution is 0.651. The SMILES string of the molecule is CCC(C)NC(=S)SC. The molecular formula is C6H13NS2. The first kappa shape index (κ1) is 9.24. The molecule has 1 atom stereocenters. The van der Waals surface area contributed by atoms with Crippen molar-refractivity contribution in [2.45, 2.75) is 26.3 Å². The number of nitrogens with one attached hydrogen (secondary N) is 1. The monoisotopic (exact) mass is 163 g/mol. The Kier molecular flexibility index (Phi) is 5.19. The van der Waals surface area contributed by atoms with E-state index in [1.54, 1.807) is 11.8 Å². The van der Waals surface area contributed by atoms with Gasteiger partial charge in [0.1, 0.15) is 4.32 Å². The average Bonchev–Trinajstić information content (AvgIpc) is 1.87. The van der Waals surface area contributed by atoms with Crippen molar-refractivity contribution in [2.75, 3.05) is 6.26 Å². The van der Waals surface area contributed by atoms with Gasteiger partial charge in [0, 0.05) is 6.04 Å². The van der Waals surface area contributed by atoms with Crippen LogP contribution >= 0.6 is 24.0 Å². The molecule has 54 valence electrons. The minimum absolute atomic E-state index is 0.518. The van der Waals surface area contributed by atoms with Crippen LogP contribution in [0.2, 0.25) is 0 Å². The fourth-order valence-electron chi connectivity index (χ4n) is 0.362. The molecule has 0 saturated carbocycles. The first-order valence-corrected chi connectivity index (χ1v) is 4.68. The largest absolute Gasteiger partial charge is 0.369 e. The lowest BCUT2D eigenvalue weighted by atomic mass is 10.3. The van der Waals surface area contributed by atoms with Gasteiger partial charge in [-0.15, -0.1) is 11.8 Å². The van der Waals surface area contributed by atoms with Crippen LogP contribution in [0.4, 0.5) is 0 Å². The zero-order valence-corrected chi connectivity index (χ0v) is 7.73. The number of thioether (sulfide) groups is 1. The Morgan fingerprint density at radius 1 is 1.78 bits per heavy atom.